The molecule has 0 saturated carbocycles. The number of piperidine rings is 1. The maximum absolute atomic E-state index is 13.1. The van der Waals surface area contributed by atoms with Crippen molar-refractivity contribution >= 4 is 34.0 Å². The summed E-state index contributed by atoms with van der Waals surface area (Å²) in [6, 6.07) is 12.1. The Bertz CT molecular complexity index is 797. The maximum Gasteiger partial charge on any atom is 0.322 e. The minimum absolute atomic E-state index is 0.00519. The van der Waals surface area contributed by atoms with Crippen LogP contribution in [0.3, 0.4) is 0 Å². The summed E-state index contributed by atoms with van der Waals surface area (Å²) in [5.74, 6) is 0.204. The first-order valence-electron chi connectivity index (χ1n) is 9.14. The molecule has 4 rings (SSSR count). The lowest BCUT2D eigenvalue weighted by atomic mass is 9.95. The number of hydrogen-bond donors (Lipinski definition) is 1. The minimum atomic E-state index is -0.0711. The molecule has 2 aliphatic rings. The van der Waals surface area contributed by atoms with Crippen LogP contribution >= 0.6 is 11.3 Å². The summed E-state index contributed by atoms with van der Waals surface area (Å²) in [4.78, 5) is 29.2. The number of nitrogens with one attached hydrogen (secondary N) is 1. The van der Waals surface area contributed by atoms with Gasteiger partial charge >= 0.3 is 6.03 Å². The van der Waals surface area contributed by atoms with E-state index in [1.54, 1.807) is 0 Å². The number of amides is 3. The lowest BCUT2D eigenvalue weighted by Crippen LogP contribution is -2.47. The first-order chi connectivity index (χ1) is 12.6. The Hall–Kier alpha value is -2.34. The molecule has 1 aromatic heterocycles. The normalized spacial score (nSPS) is 20.1. The molecule has 2 aromatic rings. The van der Waals surface area contributed by atoms with Crippen molar-refractivity contribution < 1.29 is 9.59 Å². The lowest BCUT2D eigenvalue weighted by Gasteiger charge is -2.34. The fourth-order valence-corrected chi connectivity index (χ4v) is 4.57. The van der Waals surface area contributed by atoms with E-state index < -0.39 is 0 Å². The molecular formula is C20H23N3O2S. The highest BCUT2D eigenvalue weighted by Gasteiger charge is 2.36. The van der Waals surface area contributed by atoms with Crippen LogP contribution in [0.1, 0.15) is 25.3 Å². The van der Waals surface area contributed by atoms with E-state index in [4.69, 9.17) is 0 Å². The van der Waals surface area contributed by atoms with Crippen molar-refractivity contribution in [3.63, 3.8) is 0 Å². The Morgan fingerprint density at radius 2 is 1.88 bits per heavy atom. The van der Waals surface area contributed by atoms with Crippen molar-refractivity contribution in [3.05, 3.63) is 47.3 Å². The van der Waals surface area contributed by atoms with E-state index in [9.17, 15) is 9.59 Å². The number of benzene rings is 1. The molecule has 26 heavy (non-hydrogen) atoms. The van der Waals surface area contributed by atoms with E-state index in [1.165, 1.54) is 16.9 Å². The van der Waals surface area contributed by atoms with Gasteiger partial charge in [-0.05, 0) is 55.3 Å². The lowest BCUT2D eigenvalue weighted by molar-refractivity contribution is -0.123. The molecule has 6 heteroatoms. The predicted molar refractivity (Wildman–Crippen MR) is 105 cm³/mol. The molecule has 0 spiro atoms. The Morgan fingerprint density at radius 1 is 1.12 bits per heavy atom. The zero-order chi connectivity index (χ0) is 18.1. The average molecular weight is 369 g/mol. The van der Waals surface area contributed by atoms with Crippen LogP contribution in [0.2, 0.25) is 0 Å². The van der Waals surface area contributed by atoms with Gasteiger partial charge in [0.25, 0.3) is 0 Å². The third-order valence-corrected chi connectivity index (χ3v) is 6.11. The third-order valence-electron chi connectivity index (χ3n) is 5.33. The average Bonchev–Trinajstić information content (AvgIpc) is 3.27. The SMILES string of the molecule is CC1Cc2ccccc2N1C(=O)C1CCN(C(=O)Nc2cccs2)CC1. The molecule has 0 aliphatic carbocycles. The highest BCUT2D eigenvalue weighted by molar-refractivity contribution is 7.14. The number of fused-ring (bicyclic) bond motifs is 1. The highest BCUT2D eigenvalue weighted by Crippen LogP contribution is 2.34. The molecule has 1 unspecified atom stereocenters. The number of nitrogens with zero attached hydrogens (tertiary/aromatic N) is 2. The second kappa shape index (κ2) is 7.11. The first kappa shape index (κ1) is 17.1. The second-order valence-corrected chi connectivity index (χ2v) is 8.01. The zero-order valence-corrected chi connectivity index (χ0v) is 15.7. The van der Waals surface area contributed by atoms with Gasteiger partial charge < -0.3 is 9.80 Å². The van der Waals surface area contributed by atoms with Crippen LogP contribution in [0.15, 0.2) is 41.8 Å². The van der Waals surface area contributed by atoms with Gasteiger partial charge in [-0.2, -0.15) is 0 Å². The molecular weight excluding hydrogens is 346 g/mol. The number of para-hydroxylation sites is 1. The van der Waals surface area contributed by atoms with Crippen LogP contribution in [0.5, 0.6) is 0 Å². The molecule has 3 amide bonds. The van der Waals surface area contributed by atoms with Crippen LogP contribution < -0.4 is 10.2 Å². The van der Waals surface area contributed by atoms with Crippen LogP contribution in [0.25, 0.3) is 0 Å². The maximum atomic E-state index is 13.1. The molecule has 0 radical (unpaired) electrons. The molecule has 1 saturated heterocycles. The summed E-state index contributed by atoms with van der Waals surface area (Å²) >= 11 is 1.51. The molecule has 0 bridgehead atoms. The van der Waals surface area contributed by atoms with Crippen LogP contribution in [0.4, 0.5) is 15.5 Å². The topological polar surface area (TPSA) is 52.7 Å². The largest absolute Gasteiger partial charge is 0.324 e. The van der Waals surface area contributed by atoms with E-state index in [2.05, 4.69) is 18.3 Å². The van der Waals surface area contributed by atoms with E-state index in [1.807, 2.05) is 45.5 Å². The molecule has 2 aliphatic heterocycles. The number of thiophene rings is 1. The van der Waals surface area contributed by atoms with E-state index in [-0.39, 0.29) is 23.9 Å². The number of carbonyl (C=O) groups is 2. The third kappa shape index (κ3) is 3.21. The van der Waals surface area contributed by atoms with Crippen LogP contribution in [-0.2, 0) is 11.2 Å². The van der Waals surface area contributed by atoms with Gasteiger partial charge in [0.1, 0.15) is 0 Å². The quantitative estimate of drug-likeness (QED) is 0.871. The number of anilines is 2. The molecule has 1 N–H and O–H groups in total. The predicted octanol–water partition coefficient (Wildman–Crippen LogP) is 3.97. The number of urea groups is 1. The number of carbonyl (C=O) groups excluding carboxylic acids is 2. The molecule has 1 fully saturated rings. The Morgan fingerprint density at radius 3 is 2.62 bits per heavy atom. The van der Waals surface area contributed by atoms with Gasteiger partial charge in [-0.1, -0.05) is 18.2 Å². The fourth-order valence-electron chi connectivity index (χ4n) is 3.96. The zero-order valence-electron chi connectivity index (χ0n) is 14.9. The van der Waals surface area contributed by atoms with Crippen LogP contribution in [0, 0.1) is 5.92 Å². The Labute approximate surface area is 157 Å². The van der Waals surface area contributed by atoms with Gasteiger partial charge in [0.2, 0.25) is 5.91 Å². The van der Waals surface area contributed by atoms with Gasteiger partial charge in [0, 0.05) is 30.7 Å². The summed E-state index contributed by atoms with van der Waals surface area (Å²) in [5, 5.41) is 5.72. The molecule has 3 heterocycles. The standard InChI is InChI=1S/C20H23N3O2S/c1-14-13-16-5-2-3-6-17(16)23(14)19(24)15-8-10-22(11-9-15)20(25)21-18-7-4-12-26-18/h2-7,12,14-15H,8-11,13H2,1H3,(H,21,25). The smallest absolute Gasteiger partial charge is 0.322 e. The first-order valence-corrected chi connectivity index (χ1v) is 10.0. The molecule has 136 valence electrons. The van der Waals surface area contributed by atoms with E-state index in [0.29, 0.717) is 13.1 Å². The van der Waals surface area contributed by atoms with Gasteiger partial charge in [0.05, 0.1) is 5.00 Å². The summed E-state index contributed by atoms with van der Waals surface area (Å²) < 4.78 is 0. The van der Waals surface area contributed by atoms with Crippen molar-refractivity contribution in [2.75, 3.05) is 23.3 Å². The van der Waals surface area contributed by atoms with Gasteiger partial charge in [-0.15, -0.1) is 11.3 Å². The second-order valence-electron chi connectivity index (χ2n) is 7.06. The van der Waals surface area contributed by atoms with Crippen molar-refractivity contribution in [3.8, 4) is 0 Å². The molecule has 5 nitrogen and oxygen atoms in total. The summed E-state index contributed by atoms with van der Waals surface area (Å²) in [6.07, 6.45) is 2.37. The fraction of sp³-hybridized carbons (Fsp3) is 0.400. The summed E-state index contributed by atoms with van der Waals surface area (Å²) in [6.45, 7) is 3.36. The Balaban J connectivity index is 1.37. The van der Waals surface area contributed by atoms with Crippen molar-refractivity contribution in [1.29, 1.82) is 0 Å². The highest BCUT2D eigenvalue weighted by atomic mass is 32.1. The monoisotopic (exact) mass is 369 g/mol. The van der Waals surface area contributed by atoms with Gasteiger partial charge in [0.15, 0.2) is 0 Å². The van der Waals surface area contributed by atoms with E-state index >= 15 is 0 Å². The van der Waals surface area contributed by atoms with Gasteiger partial charge in [-0.3, -0.25) is 10.1 Å². The molecule has 1 aromatic carbocycles. The minimum Gasteiger partial charge on any atom is -0.324 e. The number of likely N-dealkylation sites (tertiary alicyclic amines) is 1. The van der Waals surface area contributed by atoms with Crippen molar-refractivity contribution in [2.45, 2.75) is 32.2 Å². The van der Waals surface area contributed by atoms with Gasteiger partial charge in [-0.25, -0.2) is 4.79 Å². The van der Waals surface area contributed by atoms with Crippen molar-refractivity contribution in [2.24, 2.45) is 5.92 Å². The van der Waals surface area contributed by atoms with Crippen molar-refractivity contribution in [1.82, 2.24) is 4.90 Å². The number of rotatable bonds is 2. The summed E-state index contributed by atoms with van der Waals surface area (Å²) in [7, 11) is 0. The molecule has 1 atom stereocenters. The van der Waals surface area contributed by atoms with Crippen LogP contribution in [-0.4, -0.2) is 36.0 Å². The summed E-state index contributed by atoms with van der Waals surface area (Å²) in [5.41, 5.74) is 2.31. The Kier molecular flexibility index (Phi) is 4.68. The van der Waals surface area contributed by atoms with E-state index in [0.717, 1.165) is 30.0 Å². The number of hydrogen-bond acceptors (Lipinski definition) is 3.